The number of aryl methyl sites for hydroxylation is 1. The van der Waals surface area contributed by atoms with Gasteiger partial charge in [-0.25, -0.2) is 0 Å². The molecule has 0 radical (unpaired) electrons. The van der Waals surface area contributed by atoms with Crippen molar-refractivity contribution in [2.24, 2.45) is 0 Å². The average Bonchev–Trinajstić information content (AvgIpc) is 2.74. The Hall–Kier alpha value is -1.36. The van der Waals surface area contributed by atoms with Crippen molar-refractivity contribution < 1.29 is 14.7 Å². The number of hydrogen-bond donors (Lipinski definition) is 2. The van der Waals surface area contributed by atoms with Crippen LogP contribution in [0.3, 0.4) is 0 Å². The Morgan fingerprint density at radius 3 is 2.71 bits per heavy atom. The lowest BCUT2D eigenvalue weighted by Crippen LogP contribution is -3.15. The second kappa shape index (κ2) is 6.18. The van der Waals surface area contributed by atoms with Crippen molar-refractivity contribution in [1.82, 2.24) is 4.57 Å². The summed E-state index contributed by atoms with van der Waals surface area (Å²) in [4.78, 5) is 1.44. The SMILES string of the molecule is Cc1c(C)n(CC(O)C[NH+]2CCOCC2)c2ccccc12. The number of hydrogen-bond acceptors (Lipinski definition) is 2. The van der Waals surface area contributed by atoms with E-state index in [-0.39, 0.29) is 6.10 Å². The van der Waals surface area contributed by atoms with Gasteiger partial charge < -0.3 is 19.3 Å². The molecule has 2 N–H and O–H groups in total. The van der Waals surface area contributed by atoms with Crippen LogP contribution in [0.5, 0.6) is 0 Å². The maximum absolute atomic E-state index is 10.5. The molecule has 3 rings (SSSR count). The quantitative estimate of drug-likeness (QED) is 0.862. The van der Waals surface area contributed by atoms with Crippen molar-refractivity contribution in [2.45, 2.75) is 26.5 Å². The van der Waals surface area contributed by atoms with Crippen LogP contribution in [-0.2, 0) is 11.3 Å². The van der Waals surface area contributed by atoms with Gasteiger partial charge in [0.2, 0.25) is 0 Å². The van der Waals surface area contributed by atoms with Crippen molar-refractivity contribution >= 4 is 10.9 Å². The predicted octanol–water partition coefficient (Wildman–Crippen LogP) is 0.534. The van der Waals surface area contributed by atoms with Crippen LogP contribution in [-0.4, -0.2) is 48.6 Å². The molecular weight excluding hydrogens is 264 g/mol. The highest BCUT2D eigenvalue weighted by Crippen LogP contribution is 2.24. The van der Waals surface area contributed by atoms with Crippen LogP contribution in [0.15, 0.2) is 24.3 Å². The van der Waals surface area contributed by atoms with E-state index in [0.717, 1.165) is 32.8 Å². The molecule has 1 fully saturated rings. The minimum Gasteiger partial charge on any atom is -0.385 e. The lowest BCUT2D eigenvalue weighted by Gasteiger charge is -2.26. The third-order valence-corrected chi connectivity index (χ3v) is 4.66. The van der Waals surface area contributed by atoms with Crippen LogP contribution in [0.2, 0.25) is 0 Å². The third kappa shape index (κ3) is 2.98. The van der Waals surface area contributed by atoms with Gasteiger partial charge in [-0.05, 0) is 25.5 Å². The minimum absolute atomic E-state index is 0.313. The maximum Gasteiger partial charge on any atom is 0.121 e. The highest BCUT2D eigenvalue weighted by atomic mass is 16.5. The summed E-state index contributed by atoms with van der Waals surface area (Å²) in [5.74, 6) is 0. The molecular formula is C17H25N2O2+. The van der Waals surface area contributed by atoms with Crippen LogP contribution < -0.4 is 4.90 Å². The zero-order valence-corrected chi connectivity index (χ0v) is 12.9. The number of fused-ring (bicyclic) bond motifs is 1. The van der Waals surface area contributed by atoms with E-state index in [1.165, 1.54) is 27.1 Å². The summed E-state index contributed by atoms with van der Waals surface area (Å²) in [5.41, 5.74) is 3.80. The molecule has 0 aliphatic carbocycles. The lowest BCUT2D eigenvalue weighted by molar-refractivity contribution is -0.911. The summed E-state index contributed by atoms with van der Waals surface area (Å²) >= 11 is 0. The standard InChI is InChI=1S/C17H24N2O2/c1-13-14(2)19(17-6-4-3-5-16(13)17)12-15(20)11-18-7-9-21-10-8-18/h3-6,15,20H,7-12H2,1-2H3/p+1. The summed E-state index contributed by atoms with van der Waals surface area (Å²) in [5, 5.41) is 11.8. The number of morpholine rings is 1. The summed E-state index contributed by atoms with van der Waals surface area (Å²) in [6.45, 7) is 9.40. The normalized spacial score (nSPS) is 18.2. The van der Waals surface area contributed by atoms with Crippen LogP contribution in [0.25, 0.3) is 10.9 Å². The van der Waals surface area contributed by atoms with Gasteiger partial charge in [0, 0.05) is 16.6 Å². The fraction of sp³-hybridized carbons (Fsp3) is 0.529. The molecule has 1 aromatic carbocycles. The summed E-state index contributed by atoms with van der Waals surface area (Å²) in [6, 6.07) is 8.45. The molecule has 21 heavy (non-hydrogen) atoms. The zero-order valence-electron chi connectivity index (χ0n) is 12.9. The van der Waals surface area contributed by atoms with Crippen molar-refractivity contribution in [2.75, 3.05) is 32.8 Å². The molecule has 0 bridgehead atoms. The van der Waals surface area contributed by atoms with Gasteiger partial charge in [-0.1, -0.05) is 18.2 Å². The average molecular weight is 289 g/mol. The van der Waals surface area contributed by atoms with E-state index in [9.17, 15) is 5.11 Å². The summed E-state index contributed by atoms with van der Waals surface area (Å²) in [7, 11) is 0. The molecule has 1 atom stereocenters. The van der Waals surface area contributed by atoms with Crippen molar-refractivity contribution in [1.29, 1.82) is 0 Å². The number of aromatic nitrogens is 1. The fourth-order valence-corrected chi connectivity index (χ4v) is 3.31. The second-order valence-electron chi connectivity index (χ2n) is 6.06. The zero-order chi connectivity index (χ0) is 14.8. The molecule has 2 heterocycles. The van der Waals surface area contributed by atoms with Gasteiger partial charge in [0.1, 0.15) is 25.7 Å². The number of ether oxygens (including phenoxy) is 1. The van der Waals surface area contributed by atoms with E-state index in [1.807, 2.05) is 0 Å². The van der Waals surface area contributed by atoms with E-state index in [2.05, 4.69) is 42.7 Å². The number of aliphatic hydroxyl groups is 1. The van der Waals surface area contributed by atoms with Gasteiger partial charge in [0.15, 0.2) is 0 Å². The first kappa shape index (κ1) is 14.6. The van der Waals surface area contributed by atoms with E-state index in [4.69, 9.17) is 4.74 Å². The largest absolute Gasteiger partial charge is 0.385 e. The number of quaternary nitrogens is 1. The Labute approximate surface area is 125 Å². The Morgan fingerprint density at radius 2 is 1.95 bits per heavy atom. The van der Waals surface area contributed by atoms with Crippen molar-refractivity contribution in [3.05, 3.63) is 35.5 Å². The maximum atomic E-state index is 10.5. The first-order chi connectivity index (χ1) is 10.2. The predicted molar refractivity (Wildman–Crippen MR) is 83.8 cm³/mol. The molecule has 4 heteroatoms. The molecule has 4 nitrogen and oxygen atoms in total. The molecule has 1 saturated heterocycles. The topological polar surface area (TPSA) is 38.8 Å². The molecule has 0 spiro atoms. The number of aliphatic hydroxyl groups excluding tert-OH is 1. The van der Waals surface area contributed by atoms with E-state index >= 15 is 0 Å². The van der Waals surface area contributed by atoms with Gasteiger partial charge in [0.25, 0.3) is 0 Å². The van der Waals surface area contributed by atoms with Gasteiger partial charge in [-0.3, -0.25) is 0 Å². The van der Waals surface area contributed by atoms with Gasteiger partial charge >= 0.3 is 0 Å². The third-order valence-electron chi connectivity index (χ3n) is 4.66. The van der Waals surface area contributed by atoms with Gasteiger partial charge in [-0.2, -0.15) is 0 Å². The molecule has 1 unspecified atom stereocenters. The van der Waals surface area contributed by atoms with Gasteiger partial charge in [-0.15, -0.1) is 0 Å². The Morgan fingerprint density at radius 1 is 1.24 bits per heavy atom. The molecule has 1 aliphatic heterocycles. The van der Waals surface area contributed by atoms with E-state index < -0.39 is 0 Å². The van der Waals surface area contributed by atoms with Crippen LogP contribution >= 0.6 is 0 Å². The number of nitrogens with zero attached hydrogens (tertiary/aromatic N) is 1. The van der Waals surface area contributed by atoms with E-state index in [1.54, 1.807) is 0 Å². The lowest BCUT2D eigenvalue weighted by atomic mass is 10.2. The van der Waals surface area contributed by atoms with Crippen LogP contribution in [0, 0.1) is 13.8 Å². The smallest absolute Gasteiger partial charge is 0.121 e. The first-order valence-corrected chi connectivity index (χ1v) is 7.80. The fourth-order valence-electron chi connectivity index (χ4n) is 3.31. The number of para-hydroxylation sites is 1. The molecule has 1 aromatic heterocycles. The highest BCUT2D eigenvalue weighted by molar-refractivity contribution is 5.85. The monoisotopic (exact) mass is 289 g/mol. The Kier molecular flexibility index (Phi) is 4.29. The van der Waals surface area contributed by atoms with Crippen molar-refractivity contribution in [3.8, 4) is 0 Å². The highest BCUT2D eigenvalue weighted by Gasteiger charge is 2.20. The first-order valence-electron chi connectivity index (χ1n) is 7.80. The van der Waals surface area contributed by atoms with Crippen LogP contribution in [0.1, 0.15) is 11.3 Å². The summed E-state index contributed by atoms with van der Waals surface area (Å²) in [6.07, 6.45) is -0.313. The molecule has 114 valence electrons. The molecule has 0 saturated carbocycles. The Balaban J connectivity index is 1.76. The number of nitrogens with one attached hydrogen (secondary N) is 1. The van der Waals surface area contributed by atoms with Crippen LogP contribution in [0.4, 0.5) is 0 Å². The van der Waals surface area contributed by atoms with E-state index in [0.29, 0.717) is 6.54 Å². The van der Waals surface area contributed by atoms with Gasteiger partial charge in [0.05, 0.1) is 19.8 Å². The summed E-state index contributed by atoms with van der Waals surface area (Å²) < 4.78 is 7.63. The molecule has 2 aromatic rings. The number of rotatable bonds is 4. The molecule has 1 aliphatic rings. The number of benzene rings is 1. The minimum atomic E-state index is -0.313. The second-order valence-corrected chi connectivity index (χ2v) is 6.06. The van der Waals surface area contributed by atoms with Crippen molar-refractivity contribution in [3.63, 3.8) is 0 Å². The Bertz CT molecular complexity index is 615. The molecule has 0 amide bonds.